The van der Waals surface area contributed by atoms with Crippen molar-refractivity contribution >= 4 is 23.1 Å². The third-order valence-corrected chi connectivity index (χ3v) is 7.11. The van der Waals surface area contributed by atoms with E-state index in [2.05, 4.69) is 17.4 Å². The Bertz CT molecular complexity index is 1450. The molecule has 0 radical (unpaired) electrons. The molecule has 0 fully saturated rings. The summed E-state index contributed by atoms with van der Waals surface area (Å²) < 4.78 is 0. The first kappa shape index (κ1) is 22.1. The molecule has 1 aliphatic heterocycles. The van der Waals surface area contributed by atoms with Crippen LogP contribution < -0.4 is 10.2 Å². The summed E-state index contributed by atoms with van der Waals surface area (Å²) in [6.45, 7) is 0. The van der Waals surface area contributed by atoms with Crippen molar-refractivity contribution in [2.75, 3.05) is 10.2 Å². The number of ketones is 1. The maximum absolute atomic E-state index is 14.1. The van der Waals surface area contributed by atoms with Gasteiger partial charge in [0.1, 0.15) is 0 Å². The zero-order chi connectivity index (χ0) is 24.5. The van der Waals surface area contributed by atoms with Crippen molar-refractivity contribution in [2.45, 2.75) is 24.8 Å². The molecule has 176 valence electrons. The molecular formula is C32H26N2O2. The zero-order valence-corrected chi connectivity index (χ0v) is 19.8. The fourth-order valence-corrected chi connectivity index (χ4v) is 5.45. The van der Waals surface area contributed by atoms with Crippen molar-refractivity contribution < 1.29 is 9.59 Å². The molecule has 1 heterocycles. The Labute approximate surface area is 210 Å². The Kier molecular flexibility index (Phi) is 5.70. The molecule has 0 saturated carbocycles. The number of fused-ring (bicyclic) bond motifs is 1. The molecule has 2 unspecified atom stereocenters. The summed E-state index contributed by atoms with van der Waals surface area (Å²) in [4.78, 5) is 29.9. The van der Waals surface area contributed by atoms with Crippen LogP contribution in [-0.4, -0.2) is 11.7 Å². The number of anilines is 2. The SMILES string of the molecule is O=C1CC(c2ccccc2)CC2=C1C(c1ccccc1)N(C(=O)c1ccccc1)c1ccccc1N2. The third kappa shape index (κ3) is 3.91. The molecule has 4 aromatic rings. The number of carbonyl (C=O) groups excluding carboxylic acids is 2. The number of carbonyl (C=O) groups is 2. The summed E-state index contributed by atoms with van der Waals surface area (Å²) in [5.74, 6) is 0.0282. The van der Waals surface area contributed by atoms with Crippen molar-refractivity contribution in [3.05, 3.63) is 143 Å². The number of rotatable bonds is 3. The minimum atomic E-state index is -0.533. The predicted octanol–water partition coefficient (Wildman–Crippen LogP) is 6.90. The van der Waals surface area contributed by atoms with Crippen LogP contribution in [0.1, 0.15) is 46.3 Å². The second-order valence-corrected chi connectivity index (χ2v) is 9.33. The van der Waals surface area contributed by atoms with Crippen LogP contribution in [-0.2, 0) is 4.79 Å². The van der Waals surface area contributed by atoms with Gasteiger partial charge in [-0.15, -0.1) is 0 Å². The molecule has 1 N–H and O–H groups in total. The van der Waals surface area contributed by atoms with Gasteiger partial charge < -0.3 is 5.32 Å². The van der Waals surface area contributed by atoms with Crippen LogP contribution >= 0.6 is 0 Å². The lowest BCUT2D eigenvalue weighted by molar-refractivity contribution is -0.116. The molecule has 4 aromatic carbocycles. The Hall–Kier alpha value is -4.44. The van der Waals surface area contributed by atoms with Crippen LogP contribution in [0.25, 0.3) is 0 Å². The average molecular weight is 471 g/mol. The van der Waals surface area contributed by atoms with Gasteiger partial charge in [-0.1, -0.05) is 91.0 Å². The van der Waals surface area contributed by atoms with Gasteiger partial charge >= 0.3 is 0 Å². The highest BCUT2D eigenvalue weighted by Gasteiger charge is 2.41. The van der Waals surface area contributed by atoms with E-state index < -0.39 is 6.04 Å². The van der Waals surface area contributed by atoms with Crippen molar-refractivity contribution in [3.8, 4) is 0 Å². The number of nitrogens with zero attached hydrogens (tertiary/aromatic N) is 1. The quantitative estimate of drug-likeness (QED) is 0.354. The predicted molar refractivity (Wildman–Crippen MR) is 143 cm³/mol. The monoisotopic (exact) mass is 470 g/mol. The molecule has 0 spiro atoms. The molecule has 4 nitrogen and oxygen atoms in total. The molecule has 36 heavy (non-hydrogen) atoms. The summed E-state index contributed by atoms with van der Waals surface area (Å²) >= 11 is 0. The van der Waals surface area contributed by atoms with E-state index in [1.54, 1.807) is 4.90 Å². The van der Waals surface area contributed by atoms with Crippen molar-refractivity contribution in [1.29, 1.82) is 0 Å². The van der Waals surface area contributed by atoms with Gasteiger partial charge in [0, 0.05) is 23.3 Å². The molecule has 0 aromatic heterocycles. The van der Waals surface area contributed by atoms with Crippen molar-refractivity contribution in [3.63, 3.8) is 0 Å². The summed E-state index contributed by atoms with van der Waals surface area (Å²) in [6.07, 6.45) is 1.12. The fraction of sp³-hybridized carbons (Fsp3) is 0.125. The Balaban J connectivity index is 1.56. The number of Topliss-reactive ketones (excluding diaryl/α,β-unsaturated/α-hetero) is 1. The van der Waals surface area contributed by atoms with Crippen LogP contribution in [0.15, 0.2) is 127 Å². The second-order valence-electron chi connectivity index (χ2n) is 9.33. The molecule has 2 aliphatic rings. The van der Waals surface area contributed by atoms with Gasteiger partial charge in [-0.05, 0) is 47.7 Å². The Morgan fingerprint density at radius 2 is 1.28 bits per heavy atom. The van der Waals surface area contributed by atoms with E-state index in [4.69, 9.17) is 0 Å². The standard InChI is InChI=1S/C32H26N2O2/c35-29-21-25(22-12-4-1-5-13-22)20-27-30(29)31(23-14-6-2-7-15-23)34(28-19-11-10-18-26(28)33-27)32(36)24-16-8-3-9-17-24/h1-19,25,31,33H,20-21H2. The smallest absolute Gasteiger partial charge is 0.259 e. The fourth-order valence-electron chi connectivity index (χ4n) is 5.45. The topological polar surface area (TPSA) is 49.4 Å². The first-order valence-electron chi connectivity index (χ1n) is 12.3. The first-order chi connectivity index (χ1) is 17.7. The zero-order valence-electron chi connectivity index (χ0n) is 19.8. The number of allylic oxidation sites excluding steroid dienone is 1. The van der Waals surface area contributed by atoms with Gasteiger partial charge in [0.2, 0.25) is 0 Å². The Morgan fingerprint density at radius 3 is 1.97 bits per heavy atom. The molecule has 0 saturated heterocycles. The number of hydrogen-bond donors (Lipinski definition) is 1. The number of hydrogen-bond acceptors (Lipinski definition) is 3. The minimum Gasteiger partial charge on any atom is -0.357 e. The molecule has 0 bridgehead atoms. The van der Waals surface area contributed by atoms with Gasteiger partial charge in [0.25, 0.3) is 5.91 Å². The van der Waals surface area contributed by atoms with Crippen molar-refractivity contribution in [2.24, 2.45) is 0 Å². The maximum Gasteiger partial charge on any atom is 0.259 e. The van der Waals surface area contributed by atoms with E-state index in [-0.39, 0.29) is 17.6 Å². The number of nitrogens with one attached hydrogen (secondary N) is 1. The van der Waals surface area contributed by atoms with Crippen LogP contribution in [0.2, 0.25) is 0 Å². The number of benzene rings is 4. The summed E-state index contributed by atoms with van der Waals surface area (Å²) in [6, 6.07) is 36.7. The lowest BCUT2D eigenvalue weighted by Crippen LogP contribution is -2.38. The normalized spacial score (nSPS) is 19.1. The highest BCUT2D eigenvalue weighted by atomic mass is 16.2. The molecule has 1 aliphatic carbocycles. The molecule has 1 amide bonds. The van der Waals surface area contributed by atoms with Crippen LogP contribution in [0.4, 0.5) is 11.4 Å². The van der Waals surface area contributed by atoms with Crippen LogP contribution in [0.5, 0.6) is 0 Å². The lowest BCUT2D eigenvalue weighted by Gasteiger charge is -2.35. The van der Waals surface area contributed by atoms with Gasteiger partial charge in [-0.2, -0.15) is 0 Å². The molecule has 6 rings (SSSR count). The highest BCUT2D eigenvalue weighted by molar-refractivity contribution is 6.12. The second kappa shape index (κ2) is 9.31. The number of amides is 1. The lowest BCUT2D eigenvalue weighted by atomic mass is 9.78. The van der Waals surface area contributed by atoms with E-state index in [0.717, 1.165) is 28.2 Å². The number of para-hydroxylation sites is 2. The van der Waals surface area contributed by atoms with E-state index >= 15 is 0 Å². The summed E-state index contributed by atoms with van der Waals surface area (Å²) in [5.41, 5.74) is 5.82. The average Bonchev–Trinajstić information content (AvgIpc) is 3.09. The molecule has 2 atom stereocenters. The van der Waals surface area contributed by atoms with E-state index in [1.165, 1.54) is 0 Å². The van der Waals surface area contributed by atoms with Crippen molar-refractivity contribution in [1.82, 2.24) is 0 Å². The maximum atomic E-state index is 14.1. The summed E-state index contributed by atoms with van der Waals surface area (Å²) in [7, 11) is 0. The van der Waals surface area contributed by atoms with Crippen LogP contribution in [0, 0.1) is 0 Å². The van der Waals surface area contributed by atoms with Gasteiger partial charge in [-0.3, -0.25) is 14.5 Å². The van der Waals surface area contributed by atoms with Gasteiger partial charge in [-0.25, -0.2) is 0 Å². The molecule has 4 heteroatoms. The van der Waals surface area contributed by atoms with E-state index in [0.29, 0.717) is 24.0 Å². The first-order valence-corrected chi connectivity index (χ1v) is 12.3. The molecular weight excluding hydrogens is 444 g/mol. The van der Waals surface area contributed by atoms with E-state index in [9.17, 15) is 9.59 Å². The Morgan fingerprint density at radius 1 is 0.694 bits per heavy atom. The van der Waals surface area contributed by atoms with Gasteiger partial charge in [0.05, 0.1) is 17.4 Å². The highest BCUT2D eigenvalue weighted by Crippen LogP contribution is 2.47. The van der Waals surface area contributed by atoms with E-state index in [1.807, 2.05) is 103 Å². The minimum absolute atomic E-state index is 0.0742. The van der Waals surface area contributed by atoms with Crippen LogP contribution in [0.3, 0.4) is 0 Å². The third-order valence-electron chi connectivity index (χ3n) is 7.11. The van der Waals surface area contributed by atoms with Gasteiger partial charge in [0.15, 0.2) is 5.78 Å². The summed E-state index contributed by atoms with van der Waals surface area (Å²) in [5, 5.41) is 3.59. The largest absolute Gasteiger partial charge is 0.357 e.